The topological polar surface area (TPSA) is 0 Å². The summed E-state index contributed by atoms with van der Waals surface area (Å²) in [5.74, 6) is 0. The third-order valence-corrected chi connectivity index (χ3v) is 3.00. The van der Waals surface area contributed by atoms with E-state index in [-0.39, 0.29) is 20.1 Å². The predicted molar refractivity (Wildman–Crippen MR) is 87.6 cm³/mol. The first kappa shape index (κ1) is 24.4. The molecule has 0 nitrogen and oxygen atoms in total. The number of aryl methyl sites for hydroxylation is 3. The van der Waals surface area contributed by atoms with Crippen LogP contribution in [0.25, 0.3) is 0 Å². The minimum Gasteiger partial charge on any atom is -0.418 e. The van der Waals surface area contributed by atoms with Crippen molar-refractivity contribution in [3.8, 4) is 0 Å². The molecule has 1 aliphatic rings. The van der Waals surface area contributed by atoms with E-state index in [4.69, 9.17) is 0 Å². The first-order valence-electron chi connectivity index (χ1n) is 7.41. The summed E-state index contributed by atoms with van der Waals surface area (Å²) in [6.07, 6.45) is 14.0. The summed E-state index contributed by atoms with van der Waals surface area (Å²) in [4.78, 5) is 0. The number of halogens is 4. The Morgan fingerprint density at radius 2 is 1.04 bits per heavy atom. The van der Waals surface area contributed by atoms with Gasteiger partial charge in [-0.3, -0.25) is 0 Å². The molecule has 6 heteroatoms. The Morgan fingerprint density at radius 1 is 0.696 bits per heavy atom. The average Bonchev–Trinajstić information content (AvgIpc) is 2.32. The van der Waals surface area contributed by atoms with Crippen LogP contribution in [0, 0.1) is 20.8 Å². The first-order valence-corrected chi connectivity index (χ1v) is 7.41. The molecule has 0 amide bonds. The van der Waals surface area contributed by atoms with Crippen molar-refractivity contribution in [3.05, 3.63) is 59.2 Å². The van der Waals surface area contributed by atoms with E-state index in [1.54, 1.807) is 0 Å². The molecule has 0 heterocycles. The van der Waals surface area contributed by atoms with Crippen LogP contribution >= 0.6 is 0 Å². The van der Waals surface area contributed by atoms with Gasteiger partial charge in [0.15, 0.2) is 0 Å². The van der Waals surface area contributed by atoms with E-state index in [0.717, 1.165) is 0 Å². The van der Waals surface area contributed by atoms with Gasteiger partial charge in [-0.25, -0.2) is 0 Å². The van der Waals surface area contributed by atoms with Crippen molar-refractivity contribution in [1.29, 1.82) is 0 Å². The molecule has 1 aromatic rings. The van der Waals surface area contributed by atoms with Gasteiger partial charge in [-0.1, -0.05) is 48.1 Å². The van der Waals surface area contributed by atoms with Gasteiger partial charge in [0.1, 0.15) is 0 Å². The molecule has 0 aromatic heterocycles. The van der Waals surface area contributed by atoms with E-state index in [2.05, 4.69) is 63.3 Å². The predicted octanol–water partition coefficient (Wildman–Crippen LogP) is 6.58. The van der Waals surface area contributed by atoms with Gasteiger partial charge < -0.3 is 17.3 Å². The molecule has 1 aromatic carbocycles. The van der Waals surface area contributed by atoms with Gasteiger partial charge >= 0.3 is 7.25 Å². The Labute approximate surface area is 150 Å². The van der Waals surface area contributed by atoms with Gasteiger partial charge in [0.05, 0.1) is 0 Å². The summed E-state index contributed by atoms with van der Waals surface area (Å²) in [5, 5.41) is 0. The Bertz CT molecular complexity index is 450. The summed E-state index contributed by atoms with van der Waals surface area (Å²) in [6.45, 7) is 6.39. The van der Waals surface area contributed by atoms with Gasteiger partial charge in [-0.15, -0.1) is 0 Å². The van der Waals surface area contributed by atoms with Crippen LogP contribution < -0.4 is 0 Å². The largest absolute Gasteiger partial charge is 0.673 e. The maximum atomic E-state index is 9.75. The summed E-state index contributed by atoms with van der Waals surface area (Å²) in [5.41, 5.74) is 4.11. The quantitative estimate of drug-likeness (QED) is 0.211. The summed E-state index contributed by atoms with van der Waals surface area (Å²) in [6, 6.07) is 6.50. The van der Waals surface area contributed by atoms with Crippen LogP contribution in [-0.2, 0) is 20.1 Å². The molecule has 0 aliphatic heterocycles. The van der Waals surface area contributed by atoms with E-state index in [0.29, 0.717) is 0 Å². The van der Waals surface area contributed by atoms with Crippen molar-refractivity contribution < 1.29 is 37.4 Å². The molecule has 133 valence electrons. The van der Waals surface area contributed by atoms with Gasteiger partial charge in [0, 0.05) is 20.1 Å². The fraction of sp³-hybridized carbons (Fsp3) is 0.412. The van der Waals surface area contributed by atoms with Crippen LogP contribution in [0.3, 0.4) is 0 Å². The molecule has 1 aliphatic carbocycles. The third-order valence-electron chi connectivity index (χ3n) is 3.00. The number of hydrogen-bond donors (Lipinski definition) is 0. The standard InChI is InChI=1S/C9H12.C8H12.BF4.Ir/c1-7-4-5-8(2)9(3)6-7;1-2-4-6-8-7-5-3-1;2-1(3,4)5;/h4-6H,1-3H3;1-2,7-8H,3-6H2;;/q;;-1;/b;2-1-,8-7-;;. The normalized spacial score (nSPS) is 16.1. The van der Waals surface area contributed by atoms with E-state index in [1.165, 1.54) is 42.4 Å². The summed E-state index contributed by atoms with van der Waals surface area (Å²) in [7, 11) is -6.00. The second-order valence-corrected chi connectivity index (χ2v) is 5.18. The van der Waals surface area contributed by atoms with Gasteiger partial charge in [0.2, 0.25) is 0 Å². The van der Waals surface area contributed by atoms with Crippen molar-refractivity contribution in [2.24, 2.45) is 0 Å². The molecular formula is C17H24BF4Ir-. The second kappa shape index (κ2) is 13.6. The van der Waals surface area contributed by atoms with Crippen molar-refractivity contribution >= 4 is 7.25 Å². The zero-order valence-corrected chi connectivity index (χ0v) is 16.2. The molecule has 2 rings (SSSR count). The molecule has 0 atom stereocenters. The zero-order valence-electron chi connectivity index (χ0n) is 13.8. The Kier molecular flexibility index (Phi) is 14.4. The minimum absolute atomic E-state index is 0. The van der Waals surface area contributed by atoms with Gasteiger partial charge in [-0.2, -0.15) is 0 Å². The Hall–Kier alpha value is -0.866. The molecule has 23 heavy (non-hydrogen) atoms. The Balaban J connectivity index is 0. The van der Waals surface area contributed by atoms with Crippen LogP contribution in [0.5, 0.6) is 0 Å². The second-order valence-electron chi connectivity index (χ2n) is 5.18. The molecule has 0 fully saturated rings. The molecule has 0 bridgehead atoms. The summed E-state index contributed by atoms with van der Waals surface area (Å²) < 4.78 is 39.0. The molecule has 1 radical (unpaired) electrons. The van der Waals surface area contributed by atoms with Crippen LogP contribution in [0.1, 0.15) is 42.4 Å². The van der Waals surface area contributed by atoms with E-state index >= 15 is 0 Å². The third kappa shape index (κ3) is 19.1. The van der Waals surface area contributed by atoms with Crippen molar-refractivity contribution in [2.75, 3.05) is 0 Å². The number of allylic oxidation sites excluding steroid dienone is 4. The summed E-state index contributed by atoms with van der Waals surface area (Å²) >= 11 is 0. The number of benzene rings is 1. The van der Waals surface area contributed by atoms with Crippen LogP contribution in [0.2, 0.25) is 0 Å². The monoisotopic (exact) mass is 508 g/mol. The van der Waals surface area contributed by atoms with Crippen molar-refractivity contribution in [2.45, 2.75) is 46.5 Å². The minimum atomic E-state index is -6.00. The number of hydrogen-bond acceptors (Lipinski definition) is 0. The SMILES string of the molecule is C1=C\CC/C=C\CC/1.Cc1ccc(C)c(C)c1.F[B-](F)(F)F.[Ir]. The molecule has 0 unspecified atom stereocenters. The van der Waals surface area contributed by atoms with Crippen molar-refractivity contribution in [3.63, 3.8) is 0 Å². The maximum absolute atomic E-state index is 9.75. The van der Waals surface area contributed by atoms with Crippen molar-refractivity contribution in [1.82, 2.24) is 0 Å². The van der Waals surface area contributed by atoms with E-state index in [9.17, 15) is 17.3 Å². The zero-order chi connectivity index (χ0) is 17.0. The smallest absolute Gasteiger partial charge is 0.418 e. The first-order chi connectivity index (χ1) is 10.2. The molecule has 0 spiro atoms. The van der Waals surface area contributed by atoms with Crippen LogP contribution in [-0.4, -0.2) is 7.25 Å². The maximum Gasteiger partial charge on any atom is 0.673 e. The van der Waals surface area contributed by atoms with E-state index < -0.39 is 7.25 Å². The van der Waals surface area contributed by atoms with E-state index in [1.807, 2.05) is 0 Å². The van der Waals surface area contributed by atoms with Crippen LogP contribution in [0.4, 0.5) is 17.3 Å². The molecular weight excluding hydrogens is 483 g/mol. The van der Waals surface area contributed by atoms with Crippen LogP contribution in [0.15, 0.2) is 42.5 Å². The fourth-order valence-corrected chi connectivity index (χ4v) is 1.75. The molecule has 0 N–H and O–H groups in total. The molecule has 0 saturated carbocycles. The Morgan fingerprint density at radius 3 is 1.30 bits per heavy atom. The number of rotatable bonds is 0. The van der Waals surface area contributed by atoms with Gasteiger partial charge in [0.25, 0.3) is 0 Å². The van der Waals surface area contributed by atoms with Gasteiger partial charge in [-0.05, 0) is 57.6 Å². The molecule has 0 saturated heterocycles. The average molecular weight is 507 g/mol. The fourth-order valence-electron chi connectivity index (χ4n) is 1.75.